The summed E-state index contributed by atoms with van der Waals surface area (Å²) >= 11 is 12.0. The third-order valence-corrected chi connectivity index (χ3v) is 4.48. The Bertz CT molecular complexity index is 776. The molecule has 1 atom stereocenters. The zero-order chi connectivity index (χ0) is 18.5. The highest BCUT2D eigenvalue weighted by Crippen LogP contribution is 2.23. The summed E-state index contributed by atoms with van der Waals surface area (Å²) in [6.45, 7) is 0.786. The molecule has 2 heterocycles. The van der Waals surface area contributed by atoms with Gasteiger partial charge in [0.25, 0.3) is 5.91 Å². The lowest BCUT2D eigenvalue weighted by Crippen LogP contribution is -2.42. The van der Waals surface area contributed by atoms with Crippen LogP contribution in [-0.2, 0) is 9.53 Å². The average molecular weight is 398 g/mol. The Balaban J connectivity index is 1.75. The molecule has 9 heteroatoms. The van der Waals surface area contributed by atoms with E-state index in [1.807, 2.05) is 0 Å². The number of amides is 2. The first-order valence-electron chi connectivity index (χ1n) is 8.09. The van der Waals surface area contributed by atoms with E-state index in [1.165, 1.54) is 23.3 Å². The molecular formula is C17H17Cl2N3O4. The van der Waals surface area contributed by atoms with Gasteiger partial charge in [0.05, 0.1) is 16.7 Å². The van der Waals surface area contributed by atoms with Gasteiger partial charge in [0.15, 0.2) is 5.82 Å². The van der Waals surface area contributed by atoms with Gasteiger partial charge in [-0.2, -0.15) is 0 Å². The van der Waals surface area contributed by atoms with Crippen LogP contribution in [0.25, 0.3) is 0 Å². The fourth-order valence-electron chi connectivity index (χ4n) is 2.72. The summed E-state index contributed by atoms with van der Waals surface area (Å²) in [5.41, 5.74) is 0.281. The summed E-state index contributed by atoms with van der Waals surface area (Å²) in [5.74, 6) is -0.475. The van der Waals surface area contributed by atoms with E-state index in [2.05, 4.69) is 15.0 Å². The molecule has 138 valence electrons. The normalized spacial score (nSPS) is 16.5. The maximum absolute atomic E-state index is 12.9. The van der Waals surface area contributed by atoms with Crippen molar-refractivity contribution in [1.29, 1.82) is 0 Å². The molecule has 2 amide bonds. The van der Waals surface area contributed by atoms with E-state index in [4.69, 9.17) is 27.9 Å². The van der Waals surface area contributed by atoms with E-state index in [-0.39, 0.29) is 35.0 Å². The number of rotatable bonds is 6. The van der Waals surface area contributed by atoms with Crippen molar-refractivity contribution < 1.29 is 18.8 Å². The zero-order valence-corrected chi connectivity index (χ0v) is 15.3. The van der Waals surface area contributed by atoms with Crippen LogP contribution in [0.1, 0.15) is 23.2 Å². The second-order valence-electron chi connectivity index (χ2n) is 5.88. The molecule has 0 bridgehead atoms. The number of hydrogen-bond donors (Lipinski definition) is 1. The van der Waals surface area contributed by atoms with Crippen LogP contribution in [-0.4, -0.2) is 47.7 Å². The van der Waals surface area contributed by atoms with E-state index < -0.39 is 5.91 Å². The lowest BCUT2D eigenvalue weighted by molar-refractivity contribution is -0.117. The molecule has 3 rings (SSSR count). The first-order valence-corrected chi connectivity index (χ1v) is 8.84. The Kier molecular flexibility index (Phi) is 6.13. The lowest BCUT2D eigenvalue weighted by atomic mass is 10.1. The lowest BCUT2D eigenvalue weighted by Gasteiger charge is -2.25. The van der Waals surface area contributed by atoms with Crippen LogP contribution in [0.15, 0.2) is 35.1 Å². The van der Waals surface area contributed by atoms with Crippen molar-refractivity contribution in [1.82, 2.24) is 10.1 Å². The highest BCUT2D eigenvalue weighted by molar-refractivity contribution is 6.36. The summed E-state index contributed by atoms with van der Waals surface area (Å²) in [7, 11) is 0. The van der Waals surface area contributed by atoms with Crippen molar-refractivity contribution in [2.24, 2.45) is 0 Å². The van der Waals surface area contributed by atoms with Crippen LogP contribution in [0.5, 0.6) is 0 Å². The minimum Gasteiger partial charge on any atom is -0.376 e. The van der Waals surface area contributed by atoms with Gasteiger partial charge in [0.1, 0.15) is 12.8 Å². The maximum atomic E-state index is 12.9. The standard InChI is InChI=1S/C17H17Cl2N3O4/c18-11-3-4-13(14(19)8-11)17(24)22(9-12-2-1-6-25-12)10-16(23)20-15-5-7-26-21-15/h3-5,7-8,12H,1-2,6,9-10H2,(H,20,21,23). The quantitative estimate of drug-likeness (QED) is 0.808. The molecule has 1 saturated heterocycles. The maximum Gasteiger partial charge on any atom is 0.255 e. The number of nitrogens with zero attached hydrogens (tertiary/aromatic N) is 2. The van der Waals surface area contributed by atoms with Crippen molar-refractivity contribution in [3.05, 3.63) is 46.1 Å². The predicted molar refractivity (Wildman–Crippen MR) is 96.5 cm³/mol. The van der Waals surface area contributed by atoms with Crippen LogP contribution >= 0.6 is 23.2 Å². The molecule has 1 N–H and O–H groups in total. The number of benzene rings is 1. The van der Waals surface area contributed by atoms with Gasteiger partial charge in [-0.25, -0.2) is 0 Å². The number of nitrogens with one attached hydrogen (secondary N) is 1. The van der Waals surface area contributed by atoms with E-state index in [9.17, 15) is 9.59 Å². The summed E-state index contributed by atoms with van der Waals surface area (Å²) in [4.78, 5) is 26.6. The summed E-state index contributed by atoms with van der Waals surface area (Å²) in [5, 5.41) is 6.86. The van der Waals surface area contributed by atoms with Gasteiger partial charge in [0.2, 0.25) is 5.91 Å². The van der Waals surface area contributed by atoms with Crippen molar-refractivity contribution in [3.63, 3.8) is 0 Å². The molecule has 7 nitrogen and oxygen atoms in total. The average Bonchev–Trinajstić information content (AvgIpc) is 3.27. The van der Waals surface area contributed by atoms with Crippen LogP contribution in [0.4, 0.5) is 5.82 Å². The number of carbonyl (C=O) groups excluding carboxylic acids is 2. The number of ether oxygens (including phenoxy) is 1. The Morgan fingerprint density at radius 1 is 1.31 bits per heavy atom. The van der Waals surface area contributed by atoms with Gasteiger partial charge >= 0.3 is 0 Å². The second-order valence-corrected chi connectivity index (χ2v) is 6.72. The van der Waals surface area contributed by atoms with Crippen molar-refractivity contribution in [3.8, 4) is 0 Å². The fourth-order valence-corrected chi connectivity index (χ4v) is 3.21. The molecule has 2 aromatic rings. The third kappa shape index (κ3) is 4.75. The molecular weight excluding hydrogens is 381 g/mol. The third-order valence-electron chi connectivity index (χ3n) is 3.94. The van der Waals surface area contributed by atoms with Crippen LogP contribution in [0.2, 0.25) is 10.0 Å². The Hall–Kier alpha value is -2.09. The Morgan fingerprint density at radius 2 is 2.15 bits per heavy atom. The second kappa shape index (κ2) is 8.53. The predicted octanol–water partition coefficient (Wildman–Crippen LogP) is 3.24. The molecule has 0 saturated carbocycles. The number of halogens is 2. The molecule has 0 aliphatic carbocycles. The van der Waals surface area contributed by atoms with Crippen molar-refractivity contribution >= 4 is 40.8 Å². The SMILES string of the molecule is O=C(CN(CC1CCCO1)C(=O)c1ccc(Cl)cc1Cl)Nc1ccon1. The number of carbonyl (C=O) groups is 2. The molecule has 26 heavy (non-hydrogen) atoms. The molecule has 1 aliphatic rings. The smallest absolute Gasteiger partial charge is 0.255 e. The van der Waals surface area contributed by atoms with E-state index in [0.29, 0.717) is 18.2 Å². The Labute approximate surface area is 160 Å². The largest absolute Gasteiger partial charge is 0.376 e. The fraction of sp³-hybridized carbons (Fsp3) is 0.353. The molecule has 0 radical (unpaired) electrons. The summed E-state index contributed by atoms with van der Waals surface area (Å²) < 4.78 is 10.3. The first-order chi connectivity index (χ1) is 12.5. The van der Waals surface area contributed by atoms with Crippen molar-refractivity contribution in [2.75, 3.05) is 25.0 Å². The van der Waals surface area contributed by atoms with E-state index in [0.717, 1.165) is 12.8 Å². The number of anilines is 1. The van der Waals surface area contributed by atoms with Gasteiger partial charge < -0.3 is 19.5 Å². The van der Waals surface area contributed by atoms with E-state index >= 15 is 0 Å². The highest BCUT2D eigenvalue weighted by atomic mass is 35.5. The number of aromatic nitrogens is 1. The number of hydrogen-bond acceptors (Lipinski definition) is 5. The van der Waals surface area contributed by atoms with Gasteiger partial charge in [-0.05, 0) is 31.0 Å². The zero-order valence-electron chi connectivity index (χ0n) is 13.8. The van der Waals surface area contributed by atoms with Crippen LogP contribution in [0.3, 0.4) is 0 Å². The molecule has 1 aromatic carbocycles. The summed E-state index contributed by atoms with van der Waals surface area (Å²) in [6, 6.07) is 6.14. The van der Waals surface area contributed by atoms with Gasteiger partial charge in [-0.3, -0.25) is 9.59 Å². The van der Waals surface area contributed by atoms with Crippen LogP contribution < -0.4 is 5.32 Å². The molecule has 1 unspecified atom stereocenters. The highest BCUT2D eigenvalue weighted by Gasteiger charge is 2.26. The molecule has 1 aromatic heterocycles. The minimum atomic E-state index is -0.393. The summed E-state index contributed by atoms with van der Waals surface area (Å²) in [6.07, 6.45) is 3.01. The molecule has 0 spiro atoms. The molecule has 1 fully saturated rings. The molecule has 1 aliphatic heterocycles. The van der Waals surface area contributed by atoms with Gasteiger partial charge in [-0.1, -0.05) is 28.4 Å². The van der Waals surface area contributed by atoms with Crippen LogP contribution in [0, 0.1) is 0 Å². The minimum absolute atomic E-state index is 0.107. The van der Waals surface area contributed by atoms with Gasteiger partial charge in [-0.15, -0.1) is 0 Å². The first kappa shape index (κ1) is 18.7. The van der Waals surface area contributed by atoms with Gasteiger partial charge in [0, 0.05) is 24.2 Å². The topological polar surface area (TPSA) is 84.7 Å². The van der Waals surface area contributed by atoms with E-state index in [1.54, 1.807) is 12.1 Å². The van der Waals surface area contributed by atoms with Crippen molar-refractivity contribution in [2.45, 2.75) is 18.9 Å². The Morgan fingerprint density at radius 3 is 2.81 bits per heavy atom. The monoisotopic (exact) mass is 397 g/mol.